The molecule has 0 saturated carbocycles. The standard InChI is InChI=1S/C24H38BrFO2/c1-9-10-20(24(7,8)14-13-16(2)3)18-12-11-17(26)15-19(18)21(25)22(27)28-23(4,5)6/h11-12,15-16,20-21H,9-10,13-14H2,1-8H3. The van der Waals surface area contributed by atoms with Crippen molar-refractivity contribution in [2.45, 2.75) is 97.4 Å². The van der Waals surface area contributed by atoms with Crippen LogP contribution < -0.4 is 0 Å². The highest BCUT2D eigenvalue weighted by Crippen LogP contribution is 2.46. The van der Waals surface area contributed by atoms with Gasteiger partial charge in [-0.3, -0.25) is 4.79 Å². The highest BCUT2D eigenvalue weighted by molar-refractivity contribution is 9.09. The summed E-state index contributed by atoms with van der Waals surface area (Å²) in [5.74, 6) is 0.172. The maximum Gasteiger partial charge on any atom is 0.324 e. The Hall–Kier alpha value is -0.900. The maximum atomic E-state index is 14.1. The van der Waals surface area contributed by atoms with Crippen molar-refractivity contribution >= 4 is 21.9 Å². The van der Waals surface area contributed by atoms with E-state index >= 15 is 0 Å². The average Bonchev–Trinajstić information content (AvgIpc) is 2.56. The lowest BCUT2D eigenvalue weighted by Crippen LogP contribution is -2.28. The summed E-state index contributed by atoms with van der Waals surface area (Å²) in [5, 5.41) is 0. The van der Waals surface area contributed by atoms with Gasteiger partial charge >= 0.3 is 5.97 Å². The van der Waals surface area contributed by atoms with Gasteiger partial charge in [0.25, 0.3) is 0 Å². The Bertz CT molecular complexity index is 646. The second-order valence-corrected chi connectivity index (χ2v) is 10.8. The van der Waals surface area contributed by atoms with E-state index in [-0.39, 0.29) is 23.1 Å². The SMILES string of the molecule is CCCC(c1ccc(F)cc1C(Br)C(=O)OC(C)(C)C)C(C)(C)CCC(C)C. The van der Waals surface area contributed by atoms with Crippen LogP contribution in [0.5, 0.6) is 0 Å². The summed E-state index contributed by atoms with van der Waals surface area (Å²) >= 11 is 3.50. The molecule has 2 nitrogen and oxygen atoms in total. The van der Waals surface area contributed by atoms with Crippen molar-refractivity contribution in [3.05, 3.63) is 35.1 Å². The Kier molecular flexibility index (Phi) is 9.18. The number of halogens is 2. The van der Waals surface area contributed by atoms with Crippen molar-refractivity contribution in [2.75, 3.05) is 0 Å². The van der Waals surface area contributed by atoms with Gasteiger partial charge in [0.1, 0.15) is 16.2 Å². The predicted molar refractivity (Wildman–Crippen MR) is 119 cm³/mol. The van der Waals surface area contributed by atoms with E-state index < -0.39 is 10.4 Å². The van der Waals surface area contributed by atoms with Crippen LogP contribution in [0.25, 0.3) is 0 Å². The first-order valence-corrected chi connectivity index (χ1v) is 11.4. The zero-order valence-corrected chi connectivity index (χ0v) is 20.5. The molecule has 0 fully saturated rings. The van der Waals surface area contributed by atoms with Crippen LogP contribution in [0.4, 0.5) is 4.39 Å². The summed E-state index contributed by atoms with van der Waals surface area (Å²) in [4.78, 5) is 12.0. The van der Waals surface area contributed by atoms with Gasteiger partial charge in [-0.15, -0.1) is 0 Å². The molecule has 2 atom stereocenters. The zero-order chi connectivity index (χ0) is 21.7. The lowest BCUT2D eigenvalue weighted by atomic mass is 9.68. The van der Waals surface area contributed by atoms with Gasteiger partial charge in [-0.25, -0.2) is 4.39 Å². The van der Waals surface area contributed by atoms with E-state index in [0.717, 1.165) is 31.2 Å². The third-order valence-electron chi connectivity index (χ3n) is 5.20. The second-order valence-electron chi connectivity index (χ2n) is 9.93. The van der Waals surface area contributed by atoms with Gasteiger partial charge in [-0.1, -0.05) is 69.5 Å². The summed E-state index contributed by atoms with van der Waals surface area (Å²) in [6.07, 6.45) is 4.27. The molecule has 1 rings (SSSR count). The van der Waals surface area contributed by atoms with E-state index in [1.165, 1.54) is 12.1 Å². The zero-order valence-electron chi connectivity index (χ0n) is 18.9. The van der Waals surface area contributed by atoms with Crippen LogP contribution in [-0.4, -0.2) is 11.6 Å². The molecule has 0 bridgehead atoms. The molecule has 0 heterocycles. The molecule has 0 spiro atoms. The lowest BCUT2D eigenvalue weighted by Gasteiger charge is -2.37. The Morgan fingerprint density at radius 3 is 2.21 bits per heavy atom. The minimum absolute atomic E-state index is 0.0491. The Labute approximate surface area is 179 Å². The number of alkyl halides is 1. The molecule has 0 aliphatic carbocycles. The highest BCUT2D eigenvalue weighted by Gasteiger charge is 2.35. The van der Waals surface area contributed by atoms with E-state index in [1.54, 1.807) is 0 Å². The minimum atomic E-state index is -0.683. The van der Waals surface area contributed by atoms with Crippen LogP contribution in [0.2, 0.25) is 0 Å². The van der Waals surface area contributed by atoms with Crippen molar-refractivity contribution in [3.8, 4) is 0 Å². The third kappa shape index (κ3) is 7.50. The van der Waals surface area contributed by atoms with Crippen LogP contribution in [0.15, 0.2) is 18.2 Å². The maximum absolute atomic E-state index is 14.1. The van der Waals surface area contributed by atoms with Crippen molar-refractivity contribution < 1.29 is 13.9 Å². The van der Waals surface area contributed by atoms with Gasteiger partial charge in [0, 0.05) is 0 Å². The molecule has 1 aromatic rings. The summed E-state index contributed by atoms with van der Waals surface area (Å²) < 4.78 is 19.7. The molecule has 0 amide bonds. The van der Waals surface area contributed by atoms with Crippen molar-refractivity contribution in [2.24, 2.45) is 11.3 Å². The Morgan fingerprint density at radius 1 is 1.11 bits per heavy atom. The van der Waals surface area contributed by atoms with E-state index in [0.29, 0.717) is 11.5 Å². The fourth-order valence-electron chi connectivity index (χ4n) is 3.65. The van der Waals surface area contributed by atoms with Crippen LogP contribution in [0.1, 0.15) is 103 Å². The molecular formula is C24H38BrFO2. The van der Waals surface area contributed by atoms with Gasteiger partial charge < -0.3 is 4.74 Å². The number of rotatable bonds is 9. The molecule has 0 N–H and O–H groups in total. The fraction of sp³-hybridized carbons (Fsp3) is 0.708. The number of benzene rings is 1. The van der Waals surface area contributed by atoms with Crippen LogP contribution in [0, 0.1) is 17.2 Å². The fourth-order valence-corrected chi connectivity index (χ4v) is 4.14. The molecule has 0 saturated heterocycles. The number of carbonyl (C=O) groups is 1. The third-order valence-corrected chi connectivity index (χ3v) is 6.06. The summed E-state index contributed by atoms with van der Waals surface area (Å²) in [6, 6.07) is 4.86. The van der Waals surface area contributed by atoms with Gasteiger partial charge in [0.05, 0.1) is 0 Å². The predicted octanol–water partition coefficient (Wildman–Crippen LogP) is 7.95. The van der Waals surface area contributed by atoms with Crippen molar-refractivity contribution in [1.29, 1.82) is 0 Å². The molecule has 0 radical (unpaired) electrons. The molecule has 4 heteroatoms. The van der Waals surface area contributed by atoms with Gasteiger partial charge in [-0.2, -0.15) is 0 Å². The first-order chi connectivity index (χ1) is 12.8. The molecule has 28 heavy (non-hydrogen) atoms. The largest absolute Gasteiger partial charge is 0.459 e. The summed E-state index contributed by atoms with van der Waals surface area (Å²) in [6.45, 7) is 16.8. The molecule has 0 aliphatic heterocycles. The number of hydrogen-bond donors (Lipinski definition) is 0. The first-order valence-electron chi connectivity index (χ1n) is 10.4. The summed E-state index contributed by atoms with van der Waals surface area (Å²) in [5.41, 5.74) is 1.19. The lowest BCUT2D eigenvalue weighted by molar-refractivity contribution is -0.154. The molecule has 160 valence electrons. The van der Waals surface area contributed by atoms with Gasteiger partial charge in [0.15, 0.2) is 0 Å². The molecule has 0 aliphatic rings. The van der Waals surface area contributed by atoms with E-state index in [9.17, 15) is 9.18 Å². The quantitative estimate of drug-likeness (QED) is 0.278. The smallest absolute Gasteiger partial charge is 0.324 e. The minimum Gasteiger partial charge on any atom is -0.459 e. The molecule has 2 unspecified atom stereocenters. The molecule has 0 aromatic heterocycles. The first kappa shape index (κ1) is 25.1. The number of hydrogen-bond acceptors (Lipinski definition) is 2. The average molecular weight is 457 g/mol. The van der Waals surface area contributed by atoms with Crippen molar-refractivity contribution in [3.63, 3.8) is 0 Å². The Balaban J connectivity index is 3.34. The van der Waals surface area contributed by atoms with Gasteiger partial charge in [0.2, 0.25) is 0 Å². The van der Waals surface area contributed by atoms with Gasteiger partial charge in [-0.05, 0) is 74.1 Å². The summed E-state index contributed by atoms with van der Waals surface area (Å²) in [7, 11) is 0. The van der Waals surface area contributed by atoms with E-state index in [4.69, 9.17) is 4.74 Å². The topological polar surface area (TPSA) is 26.3 Å². The highest BCUT2D eigenvalue weighted by atomic mass is 79.9. The molecular weight excluding hydrogens is 419 g/mol. The number of ether oxygens (including phenoxy) is 1. The van der Waals surface area contributed by atoms with Crippen LogP contribution in [0.3, 0.4) is 0 Å². The monoisotopic (exact) mass is 456 g/mol. The number of esters is 1. The Morgan fingerprint density at radius 2 is 1.71 bits per heavy atom. The van der Waals surface area contributed by atoms with Crippen molar-refractivity contribution in [1.82, 2.24) is 0 Å². The van der Waals surface area contributed by atoms with Crippen LogP contribution >= 0.6 is 15.9 Å². The second kappa shape index (κ2) is 10.2. The van der Waals surface area contributed by atoms with E-state index in [1.807, 2.05) is 26.8 Å². The normalized spacial score (nSPS) is 14.8. The van der Waals surface area contributed by atoms with Crippen LogP contribution in [-0.2, 0) is 9.53 Å². The van der Waals surface area contributed by atoms with E-state index in [2.05, 4.69) is 50.5 Å². The molecule has 1 aromatic carbocycles. The number of carbonyl (C=O) groups excluding carboxylic acids is 1.